The molecule has 1 N–H and O–H groups in total. The topological polar surface area (TPSA) is 68.4 Å². The van der Waals surface area contributed by atoms with Gasteiger partial charge in [0.05, 0.1) is 11.9 Å². The lowest BCUT2D eigenvalue weighted by atomic mass is 10.1. The van der Waals surface area contributed by atoms with Gasteiger partial charge in [0.1, 0.15) is 5.52 Å². The lowest BCUT2D eigenvalue weighted by molar-refractivity contribution is 0.0827. The lowest BCUT2D eigenvalue weighted by Gasteiger charge is -2.34. The Morgan fingerprint density at radius 3 is 2.27 bits per heavy atom. The Morgan fingerprint density at radius 1 is 0.939 bits per heavy atom. The molecule has 5 rings (SSSR count). The molecule has 1 aliphatic heterocycles. The molecule has 7 nitrogen and oxygen atoms in total. The molecule has 0 spiro atoms. The van der Waals surface area contributed by atoms with Crippen molar-refractivity contribution in [2.75, 3.05) is 52.2 Å². The first kappa shape index (κ1) is 21.2. The fraction of sp³-hybridized carbons (Fsp3) is 0.269. The number of hydrogen-bond acceptors (Lipinski definition) is 5. The Labute approximate surface area is 193 Å². The van der Waals surface area contributed by atoms with Crippen LogP contribution < -0.4 is 4.90 Å². The van der Waals surface area contributed by atoms with Gasteiger partial charge in [-0.15, -0.1) is 0 Å². The number of anilines is 1. The second kappa shape index (κ2) is 8.67. The van der Waals surface area contributed by atoms with Crippen LogP contribution in [-0.2, 0) is 0 Å². The van der Waals surface area contributed by atoms with Crippen molar-refractivity contribution in [2.24, 2.45) is 0 Å². The van der Waals surface area contributed by atoms with Crippen LogP contribution in [0.3, 0.4) is 0 Å². The number of benzene rings is 2. The van der Waals surface area contributed by atoms with E-state index < -0.39 is 0 Å². The number of fused-ring (bicyclic) bond motifs is 1. The van der Waals surface area contributed by atoms with Crippen molar-refractivity contribution in [1.82, 2.24) is 24.8 Å². The molecular weight excluding hydrogens is 412 g/mol. The quantitative estimate of drug-likeness (QED) is 0.524. The molecular formula is C26H28N6O. The summed E-state index contributed by atoms with van der Waals surface area (Å²) in [6.07, 6.45) is 3.74. The average molecular weight is 441 g/mol. The number of H-pyrrole nitrogens is 1. The Morgan fingerprint density at radius 2 is 1.61 bits per heavy atom. The maximum Gasteiger partial charge on any atom is 0.253 e. The highest BCUT2D eigenvalue weighted by Gasteiger charge is 2.15. The molecule has 2 aromatic carbocycles. The van der Waals surface area contributed by atoms with Gasteiger partial charge in [0.25, 0.3) is 5.91 Å². The smallest absolute Gasteiger partial charge is 0.253 e. The van der Waals surface area contributed by atoms with Crippen LogP contribution in [0, 0.1) is 0 Å². The molecule has 1 fully saturated rings. The number of carbonyl (C=O) groups excluding carboxylic acids is 1. The fourth-order valence-electron chi connectivity index (χ4n) is 4.21. The molecule has 7 heteroatoms. The first-order chi connectivity index (χ1) is 16.0. The predicted molar refractivity (Wildman–Crippen MR) is 132 cm³/mol. The standard InChI is InChI=1S/C26H28N6O/c1-30(2)26(33)20-6-4-18(5-7-20)22-16-27-25-24(22)29-23(17-28-25)19-8-10-21(11-9-19)32-14-12-31(3)13-15-32/h4-11,16-17H,12-15H2,1-3H3,(H,27,28). The van der Waals surface area contributed by atoms with Gasteiger partial charge in [0.2, 0.25) is 0 Å². The molecule has 0 atom stereocenters. The number of amides is 1. The molecule has 0 radical (unpaired) electrons. The minimum atomic E-state index is -0.0115. The van der Waals surface area contributed by atoms with Crippen LogP contribution in [0.4, 0.5) is 5.69 Å². The SMILES string of the molecule is CN1CCN(c2ccc(-c3cnc4[nH]cc(-c5ccc(C(=O)N(C)C)cc5)c4n3)cc2)CC1. The number of piperazine rings is 1. The van der Waals surface area contributed by atoms with E-state index in [1.165, 1.54) is 5.69 Å². The summed E-state index contributed by atoms with van der Waals surface area (Å²) < 4.78 is 0. The van der Waals surface area contributed by atoms with Crippen LogP contribution in [0.15, 0.2) is 60.9 Å². The third-order valence-electron chi connectivity index (χ3n) is 6.26. The third kappa shape index (κ3) is 4.19. The second-order valence-corrected chi connectivity index (χ2v) is 8.77. The molecule has 0 bridgehead atoms. The summed E-state index contributed by atoms with van der Waals surface area (Å²) in [5, 5.41) is 0. The Balaban J connectivity index is 1.42. The highest BCUT2D eigenvalue weighted by atomic mass is 16.2. The molecule has 33 heavy (non-hydrogen) atoms. The summed E-state index contributed by atoms with van der Waals surface area (Å²) in [5.74, 6) is -0.0115. The van der Waals surface area contributed by atoms with E-state index in [0.29, 0.717) is 5.56 Å². The van der Waals surface area contributed by atoms with Crippen molar-refractivity contribution in [3.8, 4) is 22.4 Å². The van der Waals surface area contributed by atoms with Gasteiger partial charge in [0, 0.05) is 68.8 Å². The van der Waals surface area contributed by atoms with E-state index in [0.717, 1.165) is 59.7 Å². The average Bonchev–Trinajstić information content (AvgIpc) is 3.27. The number of likely N-dealkylation sites (N-methyl/N-ethyl adjacent to an activating group) is 1. The van der Waals surface area contributed by atoms with Crippen LogP contribution in [0.1, 0.15) is 10.4 Å². The highest BCUT2D eigenvalue weighted by Crippen LogP contribution is 2.29. The molecule has 2 aromatic heterocycles. The van der Waals surface area contributed by atoms with Crippen molar-refractivity contribution >= 4 is 22.8 Å². The predicted octanol–water partition coefficient (Wildman–Crippen LogP) is 3.75. The van der Waals surface area contributed by atoms with Crippen molar-refractivity contribution in [1.29, 1.82) is 0 Å². The van der Waals surface area contributed by atoms with Crippen molar-refractivity contribution in [2.45, 2.75) is 0 Å². The summed E-state index contributed by atoms with van der Waals surface area (Å²) in [5.41, 5.74) is 7.32. The first-order valence-electron chi connectivity index (χ1n) is 11.2. The van der Waals surface area contributed by atoms with E-state index in [-0.39, 0.29) is 5.91 Å². The Hall–Kier alpha value is -3.71. The van der Waals surface area contributed by atoms with Gasteiger partial charge >= 0.3 is 0 Å². The Kier molecular flexibility index (Phi) is 5.56. The first-order valence-corrected chi connectivity index (χ1v) is 11.2. The van der Waals surface area contributed by atoms with Gasteiger partial charge in [-0.2, -0.15) is 0 Å². The second-order valence-electron chi connectivity index (χ2n) is 8.77. The maximum absolute atomic E-state index is 12.2. The normalized spacial score (nSPS) is 14.6. The van der Waals surface area contributed by atoms with E-state index >= 15 is 0 Å². The number of nitrogens with one attached hydrogen (secondary N) is 1. The largest absolute Gasteiger partial charge is 0.369 e. The van der Waals surface area contributed by atoms with Gasteiger partial charge in [-0.05, 0) is 36.9 Å². The van der Waals surface area contributed by atoms with Gasteiger partial charge in [-0.3, -0.25) is 4.79 Å². The molecule has 168 valence electrons. The van der Waals surface area contributed by atoms with Crippen LogP contribution >= 0.6 is 0 Å². The number of aromatic nitrogens is 3. The molecule has 1 aliphatic rings. The lowest BCUT2D eigenvalue weighted by Crippen LogP contribution is -2.44. The van der Waals surface area contributed by atoms with Gasteiger partial charge in [-0.25, -0.2) is 9.97 Å². The summed E-state index contributed by atoms with van der Waals surface area (Å²) in [4.78, 5) is 31.3. The molecule has 3 heterocycles. The van der Waals surface area contributed by atoms with E-state index in [2.05, 4.69) is 51.1 Å². The number of hydrogen-bond donors (Lipinski definition) is 1. The van der Waals surface area contributed by atoms with Crippen molar-refractivity contribution in [3.05, 3.63) is 66.5 Å². The zero-order valence-electron chi connectivity index (χ0n) is 19.2. The monoisotopic (exact) mass is 440 g/mol. The highest BCUT2D eigenvalue weighted by molar-refractivity contribution is 5.96. The van der Waals surface area contributed by atoms with Gasteiger partial charge in [0.15, 0.2) is 5.65 Å². The van der Waals surface area contributed by atoms with Crippen LogP contribution in [0.5, 0.6) is 0 Å². The molecule has 0 aliphatic carbocycles. The minimum absolute atomic E-state index is 0.0115. The minimum Gasteiger partial charge on any atom is -0.369 e. The van der Waals surface area contributed by atoms with Gasteiger partial charge < -0.3 is 19.7 Å². The van der Waals surface area contributed by atoms with Crippen molar-refractivity contribution < 1.29 is 4.79 Å². The molecule has 0 saturated carbocycles. The summed E-state index contributed by atoms with van der Waals surface area (Å²) >= 11 is 0. The maximum atomic E-state index is 12.2. The molecule has 1 amide bonds. The van der Waals surface area contributed by atoms with Crippen molar-refractivity contribution in [3.63, 3.8) is 0 Å². The molecule has 4 aromatic rings. The zero-order chi connectivity index (χ0) is 22.9. The van der Waals surface area contributed by atoms with Crippen LogP contribution in [0.2, 0.25) is 0 Å². The zero-order valence-corrected chi connectivity index (χ0v) is 19.2. The van der Waals surface area contributed by atoms with Gasteiger partial charge in [-0.1, -0.05) is 24.3 Å². The molecule has 0 unspecified atom stereocenters. The number of carbonyl (C=O) groups is 1. The Bertz CT molecular complexity index is 1270. The summed E-state index contributed by atoms with van der Waals surface area (Å²) in [6, 6.07) is 16.2. The van der Waals surface area contributed by atoms with E-state index in [1.807, 2.05) is 36.7 Å². The molecule has 1 saturated heterocycles. The summed E-state index contributed by atoms with van der Waals surface area (Å²) in [7, 11) is 5.68. The van der Waals surface area contributed by atoms with E-state index in [4.69, 9.17) is 4.98 Å². The third-order valence-corrected chi connectivity index (χ3v) is 6.26. The summed E-state index contributed by atoms with van der Waals surface area (Å²) in [6.45, 7) is 4.27. The van der Waals surface area contributed by atoms with Crippen LogP contribution in [-0.4, -0.2) is 78.0 Å². The van der Waals surface area contributed by atoms with Crippen LogP contribution in [0.25, 0.3) is 33.5 Å². The number of nitrogens with zero attached hydrogens (tertiary/aromatic N) is 5. The number of aromatic amines is 1. The van der Waals surface area contributed by atoms with E-state index in [1.54, 1.807) is 19.0 Å². The fourth-order valence-corrected chi connectivity index (χ4v) is 4.21. The van der Waals surface area contributed by atoms with E-state index in [9.17, 15) is 4.79 Å². The number of rotatable bonds is 4.